The molecule has 2 aromatic carbocycles. The van der Waals surface area contributed by atoms with Gasteiger partial charge in [0.05, 0.1) is 26.4 Å². The maximum absolute atomic E-state index is 11.9. The van der Waals surface area contributed by atoms with Crippen molar-refractivity contribution in [1.82, 2.24) is 0 Å². The predicted molar refractivity (Wildman–Crippen MR) is 97.3 cm³/mol. The highest BCUT2D eigenvalue weighted by molar-refractivity contribution is 6.21. The standard InChI is InChI=1S/C20H22O5/c1-4-12-25-19-14(8-7-11-18(19)24-3)13-16(20(21)22)15-9-5-6-10-17(15)23-2/h5-11,13H,4,12H2,1-3H3,(H,21,22)/b16-13-. The van der Waals surface area contributed by atoms with Crippen LogP contribution in [0.25, 0.3) is 11.6 Å². The van der Waals surface area contributed by atoms with Gasteiger partial charge in [-0.2, -0.15) is 0 Å². The van der Waals surface area contributed by atoms with Crippen molar-refractivity contribution >= 4 is 17.6 Å². The minimum absolute atomic E-state index is 0.118. The van der Waals surface area contributed by atoms with E-state index >= 15 is 0 Å². The van der Waals surface area contributed by atoms with E-state index in [-0.39, 0.29) is 5.57 Å². The Balaban J connectivity index is 2.60. The number of carboxylic acids is 1. The summed E-state index contributed by atoms with van der Waals surface area (Å²) >= 11 is 0. The van der Waals surface area contributed by atoms with Crippen LogP contribution in [0.2, 0.25) is 0 Å². The molecular weight excluding hydrogens is 320 g/mol. The summed E-state index contributed by atoms with van der Waals surface area (Å²) in [7, 11) is 3.07. The molecule has 2 aromatic rings. The number of carbonyl (C=O) groups is 1. The Morgan fingerprint density at radius 1 is 1.04 bits per heavy atom. The van der Waals surface area contributed by atoms with Crippen molar-refractivity contribution in [3.8, 4) is 17.2 Å². The first kappa shape index (κ1) is 18.4. The fraction of sp³-hybridized carbons (Fsp3) is 0.250. The summed E-state index contributed by atoms with van der Waals surface area (Å²) in [5, 5.41) is 9.71. The Kier molecular flexibility index (Phi) is 6.46. The number of hydrogen-bond donors (Lipinski definition) is 1. The van der Waals surface area contributed by atoms with Crippen LogP contribution in [0.15, 0.2) is 42.5 Å². The Morgan fingerprint density at radius 3 is 2.36 bits per heavy atom. The number of para-hydroxylation sites is 2. The minimum Gasteiger partial charge on any atom is -0.496 e. The Hall–Kier alpha value is -2.95. The number of methoxy groups -OCH3 is 2. The van der Waals surface area contributed by atoms with Crippen LogP contribution in [0, 0.1) is 0 Å². The van der Waals surface area contributed by atoms with Gasteiger partial charge in [-0.15, -0.1) is 0 Å². The average Bonchev–Trinajstić information content (AvgIpc) is 2.64. The van der Waals surface area contributed by atoms with Crippen LogP contribution in [-0.4, -0.2) is 31.9 Å². The first-order valence-corrected chi connectivity index (χ1v) is 8.00. The summed E-state index contributed by atoms with van der Waals surface area (Å²) in [5.74, 6) is 0.538. The quantitative estimate of drug-likeness (QED) is 0.577. The molecule has 132 valence electrons. The summed E-state index contributed by atoms with van der Waals surface area (Å²) in [6.45, 7) is 2.51. The number of hydrogen-bond acceptors (Lipinski definition) is 4. The van der Waals surface area contributed by atoms with E-state index in [1.165, 1.54) is 7.11 Å². The number of ether oxygens (including phenoxy) is 3. The molecular formula is C20H22O5. The summed E-state index contributed by atoms with van der Waals surface area (Å²) in [5.41, 5.74) is 1.25. The Morgan fingerprint density at radius 2 is 1.72 bits per heavy atom. The molecule has 0 fully saturated rings. The van der Waals surface area contributed by atoms with Crippen LogP contribution in [-0.2, 0) is 4.79 Å². The monoisotopic (exact) mass is 342 g/mol. The van der Waals surface area contributed by atoms with Gasteiger partial charge in [-0.05, 0) is 24.6 Å². The molecule has 0 amide bonds. The zero-order valence-corrected chi connectivity index (χ0v) is 14.6. The molecule has 0 heterocycles. The predicted octanol–water partition coefficient (Wildman–Crippen LogP) is 4.12. The number of aliphatic carboxylic acids is 1. The molecule has 25 heavy (non-hydrogen) atoms. The zero-order valence-electron chi connectivity index (χ0n) is 14.6. The van der Waals surface area contributed by atoms with E-state index in [1.807, 2.05) is 6.92 Å². The topological polar surface area (TPSA) is 65.0 Å². The van der Waals surface area contributed by atoms with Gasteiger partial charge in [-0.3, -0.25) is 0 Å². The summed E-state index contributed by atoms with van der Waals surface area (Å²) in [6, 6.07) is 12.4. The van der Waals surface area contributed by atoms with Gasteiger partial charge in [0.25, 0.3) is 0 Å². The van der Waals surface area contributed by atoms with Crippen molar-refractivity contribution in [3.63, 3.8) is 0 Å². The zero-order chi connectivity index (χ0) is 18.2. The first-order valence-electron chi connectivity index (χ1n) is 8.00. The van der Waals surface area contributed by atoms with E-state index in [0.29, 0.717) is 35.0 Å². The first-order chi connectivity index (χ1) is 12.1. The van der Waals surface area contributed by atoms with Gasteiger partial charge in [0.2, 0.25) is 0 Å². The number of carboxylic acid groups (broad SMARTS) is 1. The van der Waals surface area contributed by atoms with Crippen molar-refractivity contribution < 1.29 is 24.1 Å². The second kappa shape index (κ2) is 8.78. The maximum atomic E-state index is 11.9. The summed E-state index contributed by atoms with van der Waals surface area (Å²) in [4.78, 5) is 11.9. The van der Waals surface area contributed by atoms with E-state index in [1.54, 1.807) is 55.7 Å². The molecule has 0 aliphatic carbocycles. The fourth-order valence-electron chi connectivity index (χ4n) is 2.44. The van der Waals surface area contributed by atoms with Crippen molar-refractivity contribution in [1.29, 1.82) is 0 Å². The molecule has 0 unspecified atom stereocenters. The third-order valence-electron chi connectivity index (χ3n) is 3.61. The SMILES string of the molecule is CCCOc1c(/C=C(\C(=O)O)c2ccccc2OC)cccc1OC. The van der Waals surface area contributed by atoms with Gasteiger partial charge in [-0.1, -0.05) is 37.3 Å². The molecule has 0 saturated heterocycles. The molecule has 0 aliphatic heterocycles. The Bertz CT molecular complexity index is 764. The lowest BCUT2D eigenvalue weighted by Gasteiger charge is -2.14. The second-order valence-corrected chi connectivity index (χ2v) is 5.29. The highest BCUT2D eigenvalue weighted by atomic mass is 16.5. The molecule has 0 radical (unpaired) electrons. The van der Waals surface area contributed by atoms with E-state index in [2.05, 4.69) is 0 Å². The molecule has 0 aromatic heterocycles. The van der Waals surface area contributed by atoms with Gasteiger partial charge in [-0.25, -0.2) is 4.79 Å². The third kappa shape index (κ3) is 4.32. The van der Waals surface area contributed by atoms with Crippen LogP contribution < -0.4 is 14.2 Å². The lowest BCUT2D eigenvalue weighted by atomic mass is 10.0. The van der Waals surface area contributed by atoms with Crippen molar-refractivity contribution in [2.24, 2.45) is 0 Å². The molecule has 0 aliphatic rings. The van der Waals surface area contributed by atoms with E-state index < -0.39 is 5.97 Å². The molecule has 0 saturated carbocycles. The highest BCUT2D eigenvalue weighted by Gasteiger charge is 2.17. The molecule has 0 atom stereocenters. The van der Waals surface area contributed by atoms with Gasteiger partial charge < -0.3 is 19.3 Å². The molecule has 2 rings (SSSR count). The van der Waals surface area contributed by atoms with Gasteiger partial charge in [0.15, 0.2) is 11.5 Å². The molecule has 5 heteroatoms. The molecule has 5 nitrogen and oxygen atoms in total. The third-order valence-corrected chi connectivity index (χ3v) is 3.61. The largest absolute Gasteiger partial charge is 0.496 e. The van der Waals surface area contributed by atoms with E-state index in [9.17, 15) is 9.90 Å². The van der Waals surface area contributed by atoms with Crippen LogP contribution in [0.1, 0.15) is 24.5 Å². The fourth-order valence-corrected chi connectivity index (χ4v) is 2.44. The van der Waals surface area contributed by atoms with Gasteiger partial charge in [0, 0.05) is 11.1 Å². The minimum atomic E-state index is -1.05. The van der Waals surface area contributed by atoms with Crippen molar-refractivity contribution in [3.05, 3.63) is 53.6 Å². The smallest absolute Gasteiger partial charge is 0.336 e. The van der Waals surface area contributed by atoms with Crippen molar-refractivity contribution in [2.75, 3.05) is 20.8 Å². The molecule has 0 bridgehead atoms. The van der Waals surface area contributed by atoms with Gasteiger partial charge in [0.1, 0.15) is 5.75 Å². The average molecular weight is 342 g/mol. The van der Waals surface area contributed by atoms with Crippen LogP contribution in [0.5, 0.6) is 17.2 Å². The Labute approximate surface area is 147 Å². The number of benzene rings is 2. The maximum Gasteiger partial charge on any atom is 0.336 e. The van der Waals surface area contributed by atoms with E-state index in [0.717, 1.165) is 6.42 Å². The summed E-state index contributed by atoms with van der Waals surface area (Å²) in [6.07, 6.45) is 2.41. The summed E-state index contributed by atoms with van der Waals surface area (Å²) < 4.78 is 16.4. The van der Waals surface area contributed by atoms with E-state index in [4.69, 9.17) is 14.2 Å². The normalized spacial score (nSPS) is 11.1. The van der Waals surface area contributed by atoms with Crippen LogP contribution in [0.4, 0.5) is 0 Å². The van der Waals surface area contributed by atoms with Crippen LogP contribution in [0.3, 0.4) is 0 Å². The van der Waals surface area contributed by atoms with Crippen molar-refractivity contribution in [2.45, 2.75) is 13.3 Å². The van der Waals surface area contributed by atoms with Crippen LogP contribution >= 0.6 is 0 Å². The van der Waals surface area contributed by atoms with Gasteiger partial charge >= 0.3 is 5.97 Å². The number of rotatable bonds is 8. The second-order valence-electron chi connectivity index (χ2n) is 5.29. The lowest BCUT2D eigenvalue weighted by Crippen LogP contribution is -2.03. The lowest BCUT2D eigenvalue weighted by molar-refractivity contribution is -0.130. The highest BCUT2D eigenvalue weighted by Crippen LogP contribution is 2.35. The molecule has 0 spiro atoms. The molecule has 1 N–H and O–H groups in total.